The number of benzene rings is 1. The molecule has 168 valence electrons. The highest BCUT2D eigenvalue weighted by atomic mass is 16.5. The predicted molar refractivity (Wildman–Crippen MR) is 117 cm³/mol. The summed E-state index contributed by atoms with van der Waals surface area (Å²) in [7, 11) is 1.47. The van der Waals surface area contributed by atoms with Gasteiger partial charge in [0.1, 0.15) is 5.41 Å². The average molecular weight is 447 g/mol. The number of hydrogen-bond donors (Lipinski definition) is 2. The van der Waals surface area contributed by atoms with Gasteiger partial charge in [-0.05, 0) is 29.7 Å². The Balaban J connectivity index is 0.000000821. The number of methoxy groups -OCH3 is 1. The zero-order valence-corrected chi connectivity index (χ0v) is 17.7. The number of ether oxygens (including phenoxy) is 1. The molecular weight excluding hydrogens is 426 g/mol. The van der Waals surface area contributed by atoms with Gasteiger partial charge in [0.2, 0.25) is 5.91 Å². The maximum atomic E-state index is 13.4. The second-order valence-corrected chi connectivity index (χ2v) is 7.47. The molecule has 33 heavy (non-hydrogen) atoms. The molecule has 0 bridgehead atoms. The van der Waals surface area contributed by atoms with E-state index in [1.807, 2.05) is 36.4 Å². The highest BCUT2D eigenvalue weighted by molar-refractivity contribution is 6.08. The van der Waals surface area contributed by atoms with Crippen LogP contribution in [0, 0.1) is 0 Å². The summed E-state index contributed by atoms with van der Waals surface area (Å²) in [6.45, 7) is 0.173. The number of carboxylic acid groups (broad SMARTS) is 1. The van der Waals surface area contributed by atoms with Crippen molar-refractivity contribution in [2.24, 2.45) is 0 Å². The fourth-order valence-electron chi connectivity index (χ4n) is 4.60. The van der Waals surface area contributed by atoms with Gasteiger partial charge in [-0.25, -0.2) is 9.97 Å². The Morgan fingerprint density at radius 1 is 1.21 bits per heavy atom. The Morgan fingerprint density at radius 3 is 2.61 bits per heavy atom. The number of nitrogens with zero attached hydrogens (tertiary/aromatic N) is 4. The van der Waals surface area contributed by atoms with Crippen molar-refractivity contribution >= 4 is 24.0 Å². The van der Waals surface area contributed by atoms with Crippen molar-refractivity contribution in [1.82, 2.24) is 19.9 Å². The van der Waals surface area contributed by atoms with E-state index in [-0.39, 0.29) is 24.3 Å². The summed E-state index contributed by atoms with van der Waals surface area (Å²) in [6.07, 6.45) is 6.80. The molecule has 10 nitrogen and oxygen atoms in total. The van der Waals surface area contributed by atoms with Gasteiger partial charge in [-0.2, -0.15) is 0 Å². The third-order valence-electron chi connectivity index (χ3n) is 5.91. The third-order valence-corrected chi connectivity index (χ3v) is 5.91. The van der Waals surface area contributed by atoms with Crippen LogP contribution in [0.1, 0.15) is 33.9 Å². The van der Waals surface area contributed by atoms with Crippen LogP contribution in [-0.2, 0) is 15.0 Å². The van der Waals surface area contributed by atoms with E-state index < -0.39 is 11.5 Å². The van der Waals surface area contributed by atoms with Crippen molar-refractivity contribution in [1.29, 1.82) is 0 Å². The molecule has 2 aliphatic heterocycles. The molecule has 1 fully saturated rings. The maximum Gasteiger partial charge on any atom is 0.316 e. The zero-order valence-electron chi connectivity index (χ0n) is 17.7. The van der Waals surface area contributed by atoms with Gasteiger partial charge in [0.25, 0.3) is 12.4 Å². The number of fused-ring (bicyclic) bond motifs is 2. The summed E-state index contributed by atoms with van der Waals surface area (Å²) in [5, 5.41) is 9.89. The number of carbonyl (C=O) groups excluding carboxylic acids is 2. The van der Waals surface area contributed by atoms with Gasteiger partial charge in [-0.3, -0.25) is 19.4 Å². The number of rotatable bonds is 3. The van der Waals surface area contributed by atoms with Gasteiger partial charge in [0.15, 0.2) is 0 Å². The fraction of sp³-hybridized carbons (Fsp3) is 0.217. The van der Waals surface area contributed by atoms with Crippen molar-refractivity contribution in [2.75, 3.05) is 19.0 Å². The molecule has 2 N–H and O–H groups in total. The van der Waals surface area contributed by atoms with Gasteiger partial charge in [-0.1, -0.05) is 24.3 Å². The lowest BCUT2D eigenvalue weighted by molar-refractivity contribution is -0.123. The van der Waals surface area contributed by atoms with Crippen LogP contribution < -0.4 is 10.1 Å². The highest BCUT2D eigenvalue weighted by Gasteiger charge is 2.59. The summed E-state index contributed by atoms with van der Waals surface area (Å²) >= 11 is 0. The van der Waals surface area contributed by atoms with Gasteiger partial charge >= 0.3 is 6.01 Å². The second kappa shape index (κ2) is 9.03. The standard InChI is InChI=1S/C22H19N5O3.CH2O2/c1-30-21-24-12-15(13-25-21)19(28)27-10-8-22(18(27)14-5-4-9-23-11-14)16-6-2-3-7-17(16)26-20(22)29;2-1-3/h2-7,9,11-13,18H,8,10H2,1H3,(H,26,29);1H,(H,2,3). The van der Waals surface area contributed by atoms with E-state index in [1.165, 1.54) is 19.5 Å². The van der Waals surface area contributed by atoms with Crippen LogP contribution in [0.25, 0.3) is 0 Å². The molecule has 2 aliphatic rings. The minimum atomic E-state index is -0.872. The first-order chi connectivity index (χ1) is 16.1. The monoisotopic (exact) mass is 447 g/mol. The lowest BCUT2D eigenvalue weighted by Gasteiger charge is -2.34. The van der Waals surface area contributed by atoms with Crippen molar-refractivity contribution in [3.8, 4) is 6.01 Å². The highest BCUT2D eigenvalue weighted by Crippen LogP contribution is 2.54. The Morgan fingerprint density at radius 2 is 1.94 bits per heavy atom. The smallest absolute Gasteiger partial charge is 0.316 e. The predicted octanol–water partition coefficient (Wildman–Crippen LogP) is 2.06. The summed E-state index contributed by atoms with van der Waals surface area (Å²) < 4.78 is 4.99. The molecule has 0 radical (unpaired) electrons. The van der Waals surface area contributed by atoms with Crippen molar-refractivity contribution in [3.05, 3.63) is 77.9 Å². The van der Waals surface area contributed by atoms with E-state index in [9.17, 15) is 9.59 Å². The molecule has 2 amide bonds. The molecule has 10 heteroatoms. The first-order valence-corrected chi connectivity index (χ1v) is 10.1. The molecule has 2 aromatic heterocycles. The summed E-state index contributed by atoms with van der Waals surface area (Å²) in [5.74, 6) is -0.334. The van der Waals surface area contributed by atoms with E-state index in [0.717, 1.165) is 16.8 Å². The van der Waals surface area contributed by atoms with Crippen LogP contribution in [-0.4, -0.2) is 56.9 Å². The second-order valence-electron chi connectivity index (χ2n) is 7.47. The quantitative estimate of drug-likeness (QED) is 0.583. The number of pyridine rings is 1. The van der Waals surface area contributed by atoms with E-state index in [2.05, 4.69) is 20.3 Å². The van der Waals surface area contributed by atoms with Crippen molar-refractivity contribution in [3.63, 3.8) is 0 Å². The summed E-state index contributed by atoms with van der Waals surface area (Å²) in [4.78, 5) is 49.2. The number of likely N-dealkylation sites (tertiary alicyclic amines) is 1. The summed E-state index contributed by atoms with van der Waals surface area (Å²) in [6, 6.07) is 11.1. The number of hydrogen-bond acceptors (Lipinski definition) is 7. The first-order valence-electron chi connectivity index (χ1n) is 10.1. The fourth-order valence-corrected chi connectivity index (χ4v) is 4.60. The lowest BCUT2D eigenvalue weighted by Crippen LogP contribution is -2.42. The zero-order chi connectivity index (χ0) is 23.4. The molecule has 1 saturated heterocycles. The average Bonchev–Trinajstić information content (AvgIpc) is 3.39. The number of nitrogens with one attached hydrogen (secondary N) is 1. The molecule has 1 aromatic carbocycles. The molecule has 4 heterocycles. The molecule has 0 saturated carbocycles. The topological polar surface area (TPSA) is 135 Å². The summed E-state index contributed by atoms with van der Waals surface area (Å²) in [5.41, 5.74) is 1.98. The van der Waals surface area contributed by atoms with Crippen LogP contribution in [0.5, 0.6) is 6.01 Å². The van der Waals surface area contributed by atoms with Crippen molar-refractivity contribution < 1.29 is 24.2 Å². The van der Waals surface area contributed by atoms with E-state index >= 15 is 0 Å². The number of carbonyl (C=O) groups is 3. The van der Waals surface area contributed by atoms with E-state index in [4.69, 9.17) is 14.6 Å². The van der Waals surface area contributed by atoms with Gasteiger partial charge < -0.3 is 20.1 Å². The normalized spacial score (nSPS) is 20.5. The van der Waals surface area contributed by atoms with Crippen LogP contribution in [0.15, 0.2) is 61.2 Å². The molecule has 5 rings (SSSR count). The largest absolute Gasteiger partial charge is 0.483 e. The molecular formula is C23H21N5O5. The minimum absolute atomic E-state index is 0.0983. The van der Waals surface area contributed by atoms with Gasteiger partial charge in [0.05, 0.1) is 18.7 Å². The van der Waals surface area contributed by atoms with Gasteiger partial charge in [-0.15, -0.1) is 0 Å². The van der Waals surface area contributed by atoms with E-state index in [0.29, 0.717) is 18.5 Å². The Hall–Kier alpha value is -4.34. The SMILES string of the molecule is COc1ncc(C(=O)N2CCC3(C(=O)Nc4ccccc43)C2c2cccnc2)cn1.O=CO. The molecule has 2 unspecified atom stereocenters. The Labute approximate surface area is 189 Å². The van der Waals surface area contributed by atoms with Crippen LogP contribution in [0.4, 0.5) is 5.69 Å². The number of aromatic nitrogens is 3. The third kappa shape index (κ3) is 3.65. The maximum absolute atomic E-state index is 13.4. The van der Waals surface area contributed by atoms with E-state index in [1.54, 1.807) is 17.3 Å². The minimum Gasteiger partial charge on any atom is -0.483 e. The number of amides is 2. The molecule has 1 spiro atoms. The number of anilines is 1. The first kappa shape index (κ1) is 21.9. The lowest BCUT2D eigenvalue weighted by atomic mass is 9.73. The Bertz CT molecular complexity index is 1170. The van der Waals surface area contributed by atoms with Crippen LogP contribution in [0.3, 0.4) is 0 Å². The molecule has 2 atom stereocenters. The Kier molecular flexibility index (Phi) is 5.99. The van der Waals surface area contributed by atoms with Crippen LogP contribution in [0.2, 0.25) is 0 Å². The van der Waals surface area contributed by atoms with Crippen molar-refractivity contribution in [2.45, 2.75) is 17.9 Å². The van der Waals surface area contributed by atoms with Crippen LogP contribution >= 0.6 is 0 Å². The van der Waals surface area contributed by atoms with Gasteiger partial charge in [0, 0.05) is 37.0 Å². The molecule has 0 aliphatic carbocycles. The molecule has 3 aromatic rings. The number of para-hydroxylation sites is 1.